The molecule has 1 fully saturated rings. The van der Waals surface area contributed by atoms with Gasteiger partial charge in [-0.1, -0.05) is 74.9 Å². The van der Waals surface area contributed by atoms with Gasteiger partial charge in [0.05, 0.1) is 0 Å². The first-order chi connectivity index (χ1) is 10.7. The maximum absolute atomic E-state index is 2.66. The van der Waals surface area contributed by atoms with Crippen LogP contribution in [0, 0.1) is 0 Å². The molecule has 0 N–H and O–H groups in total. The summed E-state index contributed by atoms with van der Waals surface area (Å²) >= 11 is 0. The molecule has 1 heteroatoms. The third-order valence-electron chi connectivity index (χ3n) is 4.83. The van der Waals surface area contributed by atoms with E-state index in [1.165, 1.54) is 42.5 Å². The lowest BCUT2D eigenvalue weighted by Crippen LogP contribution is -2.32. The van der Waals surface area contributed by atoms with Gasteiger partial charge >= 0.3 is 0 Å². The van der Waals surface area contributed by atoms with Crippen molar-refractivity contribution in [3.63, 3.8) is 0 Å². The van der Waals surface area contributed by atoms with Crippen molar-refractivity contribution in [1.29, 1.82) is 0 Å². The number of nitrogens with zero attached hydrogens (tertiary/aromatic N) is 1. The Bertz CT molecular complexity index is 571. The molecule has 1 saturated heterocycles. The molecule has 3 rings (SSSR count). The van der Waals surface area contributed by atoms with Crippen LogP contribution in [0.3, 0.4) is 0 Å². The third-order valence-corrected chi connectivity index (χ3v) is 4.83. The molecule has 0 spiro atoms. The Balaban J connectivity index is 1.74. The highest BCUT2D eigenvalue weighted by Gasteiger charge is 2.23. The first kappa shape index (κ1) is 15.3. The molecule has 0 radical (unpaired) electrons. The predicted molar refractivity (Wildman–Crippen MR) is 94.0 cm³/mol. The van der Waals surface area contributed by atoms with Crippen molar-refractivity contribution in [2.45, 2.75) is 51.6 Å². The normalized spacial score (nSPS) is 19.5. The molecule has 1 heterocycles. The fourth-order valence-corrected chi connectivity index (χ4v) is 3.48. The summed E-state index contributed by atoms with van der Waals surface area (Å²) in [5.41, 5.74) is 4.34. The van der Waals surface area contributed by atoms with Gasteiger partial charge in [0.1, 0.15) is 0 Å². The number of piperidine rings is 1. The topological polar surface area (TPSA) is 3.24 Å². The number of rotatable bonds is 4. The van der Waals surface area contributed by atoms with Crippen LogP contribution in [-0.2, 0) is 6.54 Å². The second kappa shape index (κ2) is 7.11. The van der Waals surface area contributed by atoms with Gasteiger partial charge in [-0.15, -0.1) is 0 Å². The van der Waals surface area contributed by atoms with Crippen molar-refractivity contribution >= 4 is 0 Å². The number of likely N-dealkylation sites (tertiary alicyclic amines) is 1. The van der Waals surface area contributed by atoms with Crippen molar-refractivity contribution in [1.82, 2.24) is 4.90 Å². The van der Waals surface area contributed by atoms with Gasteiger partial charge in [0.15, 0.2) is 0 Å². The molecule has 116 valence electrons. The first-order valence-corrected chi connectivity index (χ1v) is 8.62. The van der Waals surface area contributed by atoms with E-state index in [1.54, 1.807) is 0 Å². The lowest BCUT2D eigenvalue weighted by Gasteiger charge is -2.36. The van der Waals surface area contributed by atoms with Crippen molar-refractivity contribution in [3.8, 4) is 0 Å². The van der Waals surface area contributed by atoms with Crippen molar-refractivity contribution in [3.05, 3.63) is 71.3 Å². The summed E-state index contributed by atoms with van der Waals surface area (Å²) in [4.78, 5) is 2.66. The second-order valence-corrected chi connectivity index (χ2v) is 6.79. The summed E-state index contributed by atoms with van der Waals surface area (Å²) in [5.74, 6) is 0.612. The Labute approximate surface area is 135 Å². The van der Waals surface area contributed by atoms with Crippen molar-refractivity contribution in [2.24, 2.45) is 0 Å². The smallest absolute Gasteiger partial charge is 0.0351 e. The Morgan fingerprint density at radius 3 is 2.36 bits per heavy atom. The number of hydrogen-bond donors (Lipinski definition) is 0. The molecular weight excluding hydrogens is 266 g/mol. The average molecular weight is 293 g/mol. The molecule has 0 aromatic heterocycles. The zero-order valence-electron chi connectivity index (χ0n) is 13.8. The maximum atomic E-state index is 2.66. The molecule has 2 aromatic rings. The van der Waals surface area contributed by atoms with E-state index < -0.39 is 0 Å². The zero-order valence-corrected chi connectivity index (χ0v) is 13.8. The van der Waals surface area contributed by atoms with Crippen molar-refractivity contribution < 1.29 is 0 Å². The summed E-state index contributed by atoms with van der Waals surface area (Å²) in [6.07, 6.45) is 3.96. The first-order valence-electron chi connectivity index (χ1n) is 8.62. The van der Waals surface area contributed by atoms with Gasteiger partial charge < -0.3 is 0 Å². The van der Waals surface area contributed by atoms with E-state index in [-0.39, 0.29) is 0 Å². The Kier molecular flexibility index (Phi) is 4.94. The molecule has 1 atom stereocenters. The predicted octanol–water partition coefficient (Wildman–Crippen LogP) is 5.54. The summed E-state index contributed by atoms with van der Waals surface area (Å²) in [7, 11) is 0. The highest BCUT2D eigenvalue weighted by atomic mass is 15.2. The Morgan fingerprint density at radius 2 is 1.68 bits per heavy atom. The molecule has 1 nitrogen and oxygen atoms in total. The highest BCUT2D eigenvalue weighted by molar-refractivity contribution is 5.25. The zero-order chi connectivity index (χ0) is 15.4. The van der Waals surface area contributed by atoms with Gasteiger partial charge in [-0.05, 0) is 42.0 Å². The van der Waals surface area contributed by atoms with E-state index >= 15 is 0 Å². The summed E-state index contributed by atoms with van der Waals surface area (Å²) in [6, 6.07) is 20.8. The van der Waals surface area contributed by atoms with Crippen LogP contribution in [0.2, 0.25) is 0 Å². The van der Waals surface area contributed by atoms with Crippen LogP contribution >= 0.6 is 0 Å². The summed E-state index contributed by atoms with van der Waals surface area (Å²) in [6.45, 7) is 6.79. The Hall–Kier alpha value is -1.60. The third kappa shape index (κ3) is 3.59. The minimum absolute atomic E-state index is 0.583. The molecule has 0 saturated carbocycles. The molecule has 2 aromatic carbocycles. The highest BCUT2D eigenvalue weighted by Crippen LogP contribution is 2.32. The molecule has 1 aliphatic heterocycles. The molecule has 1 aliphatic rings. The fraction of sp³-hybridized carbons (Fsp3) is 0.429. The minimum atomic E-state index is 0.583. The van der Waals surface area contributed by atoms with Gasteiger partial charge in [0.25, 0.3) is 0 Å². The molecular formula is C21H27N. The van der Waals surface area contributed by atoms with Crippen LogP contribution in [0.1, 0.15) is 61.8 Å². The van der Waals surface area contributed by atoms with Crippen LogP contribution in [0.4, 0.5) is 0 Å². The quantitative estimate of drug-likeness (QED) is 0.715. The molecule has 0 amide bonds. The summed E-state index contributed by atoms with van der Waals surface area (Å²) in [5, 5.41) is 0. The van der Waals surface area contributed by atoms with Gasteiger partial charge in [0, 0.05) is 12.6 Å². The van der Waals surface area contributed by atoms with E-state index in [4.69, 9.17) is 0 Å². The van der Waals surface area contributed by atoms with Crippen LogP contribution in [0.25, 0.3) is 0 Å². The van der Waals surface area contributed by atoms with Crippen molar-refractivity contribution in [2.75, 3.05) is 6.54 Å². The number of benzene rings is 2. The van der Waals surface area contributed by atoms with E-state index in [0.29, 0.717) is 12.0 Å². The van der Waals surface area contributed by atoms with E-state index in [1.807, 2.05) is 0 Å². The molecule has 22 heavy (non-hydrogen) atoms. The van der Waals surface area contributed by atoms with Crippen LogP contribution in [-0.4, -0.2) is 11.4 Å². The van der Waals surface area contributed by atoms with Crippen LogP contribution in [0.15, 0.2) is 54.6 Å². The minimum Gasteiger partial charge on any atom is -0.292 e. The SMILES string of the molecule is CC(C)c1ccc(CN2CCCCC2c2ccccc2)cc1. The maximum Gasteiger partial charge on any atom is 0.0351 e. The van der Waals surface area contributed by atoms with Gasteiger partial charge in [0.2, 0.25) is 0 Å². The number of hydrogen-bond acceptors (Lipinski definition) is 1. The monoisotopic (exact) mass is 293 g/mol. The van der Waals surface area contributed by atoms with E-state index in [9.17, 15) is 0 Å². The lowest BCUT2D eigenvalue weighted by atomic mass is 9.94. The second-order valence-electron chi connectivity index (χ2n) is 6.79. The molecule has 0 aliphatic carbocycles. The van der Waals surface area contributed by atoms with E-state index in [2.05, 4.69) is 73.3 Å². The van der Waals surface area contributed by atoms with Crippen LogP contribution < -0.4 is 0 Å². The average Bonchev–Trinajstić information content (AvgIpc) is 2.57. The lowest BCUT2D eigenvalue weighted by molar-refractivity contribution is 0.140. The van der Waals surface area contributed by atoms with Crippen LogP contribution in [0.5, 0.6) is 0 Å². The summed E-state index contributed by atoms with van der Waals surface area (Å²) < 4.78 is 0. The molecule has 1 unspecified atom stereocenters. The largest absolute Gasteiger partial charge is 0.292 e. The standard InChI is InChI=1S/C21H27N/c1-17(2)19-13-11-18(12-14-19)16-22-15-7-6-10-21(22)20-8-4-3-5-9-20/h3-5,8-9,11-14,17,21H,6-7,10,15-16H2,1-2H3. The van der Waals surface area contributed by atoms with Gasteiger partial charge in [-0.3, -0.25) is 4.90 Å². The van der Waals surface area contributed by atoms with Gasteiger partial charge in [-0.2, -0.15) is 0 Å². The Morgan fingerprint density at radius 1 is 0.955 bits per heavy atom. The van der Waals surface area contributed by atoms with Gasteiger partial charge in [-0.25, -0.2) is 0 Å². The van der Waals surface area contributed by atoms with E-state index in [0.717, 1.165) is 6.54 Å². The fourth-order valence-electron chi connectivity index (χ4n) is 3.48. The molecule has 0 bridgehead atoms.